The van der Waals surface area contributed by atoms with E-state index in [1.165, 1.54) is 23.3 Å². The Morgan fingerprint density at radius 2 is 2.11 bits per heavy atom. The number of nitrogens with zero attached hydrogens (tertiary/aromatic N) is 2. The average molecular weight is 379 g/mol. The summed E-state index contributed by atoms with van der Waals surface area (Å²) < 4.78 is 5.55. The zero-order valence-corrected chi connectivity index (χ0v) is 15.4. The third-order valence-electron chi connectivity index (χ3n) is 4.24. The first-order chi connectivity index (χ1) is 13.1. The van der Waals surface area contributed by atoms with Crippen molar-refractivity contribution in [2.45, 2.75) is 19.4 Å². The normalized spacial score (nSPS) is 16.3. The third-order valence-corrected chi connectivity index (χ3v) is 5.10. The predicted molar refractivity (Wildman–Crippen MR) is 104 cm³/mol. The van der Waals surface area contributed by atoms with E-state index >= 15 is 0 Å². The predicted octanol–water partition coefficient (Wildman–Crippen LogP) is 4.29. The molecule has 0 saturated carbocycles. The van der Waals surface area contributed by atoms with Crippen molar-refractivity contribution in [3.8, 4) is 0 Å². The first-order valence-electron chi connectivity index (χ1n) is 8.48. The van der Waals surface area contributed by atoms with Gasteiger partial charge in [0.05, 0.1) is 16.9 Å². The molecule has 0 saturated heterocycles. The van der Waals surface area contributed by atoms with Gasteiger partial charge in [-0.25, -0.2) is 5.01 Å². The maximum absolute atomic E-state index is 12.9. The van der Waals surface area contributed by atoms with Crippen molar-refractivity contribution in [2.75, 3.05) is 5.32 Å². The number of carbonyl (C=O) groups excluding carboxylic acids is 2. The van der Waals surface area contributed by atoms with Gasteiger partial charge in [-0.15, -0.1) is 11.3 Å². The largest absolute Gasteiger partial charge is 0.467 e. The fourth-order valence-corrected chi connectivity index (χ4v) is 3.72. The van der Waals surface area contributed by atoms with Crippen LogP contribution in [0.4, 0.5) is 5.69 Å². The number of hydrogen-bond acceptors (Lipinski definition) is 5. The zero-order valence-electron chi connectivity index (χ0n) is 14.6. The number of furan rings is 1. The van der Waals surface area contributed by atoms with Crippen LogP contribution in [0.1, 0.15) is 40.4 Å². The summed E-state index contributed by atoms with van der Waals surface area (Å²) in [5, 5.41) is 10.7. The van der Waals surface area contributed by atoms with Crippen molar-refractivity contribution >= 4 is 34.6 Å². The number of hydrogen-bond donors (Lipinski definition) is 1. The molecule has 4 rings (SSSR count). The minimum absolute atomic E-state index is 0.136. The molecular formula is C20H17N3O3S. The van der Waals surface area contributed by atoms with E-state index in [0.29, 0.717) is 22.7 Å². The Kier molecular flexibility index (Phi) is 4.60. The van der Waals surface area contributed by atoms with Crippen LogP contribution in [0.15, 0.2) is 69.7 Å². The summed E-state index contributed by atoms with van der Waals surface area (Å²) in [4.78, 5) is 24.9. The Morgan fingerprint density at radius 3 is 2.81 bits per heavy atom. The number of benzene rings is 1. The number of carbonyl (C=O) groups is 2. The molecule has 3 aromatic rings. The molecular weight excluding hydrogens is 362 g/mol. The SMILES string of the molecule is CC(=O)Nc1cccc(C2=NN(C(=O)c3cccs3)[C@H](c3ccco3)C2)c1. The first kappa shape index (κ1) is 17.2. The van der Waals surface area contributed by atoms with E-state index < -0.39 is 0 Å². The number of nitrogens with one attached hydrogen (secondary N) is 1. The Labute approximate surface area is 160 Å². The summed E-state index contributed by atoms with van der Waals surface area (Å²) in [6, 6.07) is 14.4. The fourth-order valence-electron chi connectivity index (χ4n) is 3.07. The highest BCUT2D eigenvalue weighted by molar-refractivity contribution is 7.12. The van der Waals surface area contributed by atoms with E-state index in [9.17, 15) is 9.59 Å². The van der Waals surface area contributed by atoms with Crippen molar-refractivity contribution in [1.29, 1.82) is 0 Å². The maximum atomic E-state index is 12.9. The highest BCUT2D eigenvalue weighted by atomic mass is 32.1. The average Bonchev–Trinajstić information content (AvgIpc) is 3.41. The van der Waals surface area contributed by atoms with Gasteiger partial charge in [0.2, 0.25) is 5.91 Å². The quantitative estimate of drug-likeness (QED) is 0.735. The molecule has 27 heavy (non-hydrogen) atoms. The van der Waals surface area contributed by atoms with E-state index in [2.05, 4.69) is 10.4 Å². The lowest BCUT2D eigenvalue weighted by molar-refractivity contribution is -0.114. The van der Waals surface area contributed by atoms with Crippen molar-refractivity contribution in [3.63, 3.8) is 0 Å². The lowest BCUT2D eigenvalue weighted by Crippen LogP contribution is -2.26. The molecule has 1 atom stereocenters. The number of amides is 2. The molecule has 7 heteroatoms. The van der Waals surface area contributed by atoms with Crippen LogP contribution < -0.4 is 5.32 Å². The van der Waals surface area contributed by atoms with Crippen LogP contribution in [-0.2, 0) is 4.79 Å². The maximum Gasteiger partial charge on any atom is 0.284 e. The van der Waals surface area contributed by atoms with Crippen LogP contribution in [-0.4, -0.2) is 22.5 Å². The van der Waals surface area contributed by atoms with Crippen LogP contribution >= 0.6 is 11.3 Å². The van der Waals surface area contributed by atoms with Gasteiger partial charge in [-0.1, -0.05) is 18.2 Å². The Balaban J connectivity index is 1.68. The standard InChI is InChI=1S/C20H17N3O3S/c1-13(24)21-15-6-2-5-14(11-15)16-12-17(18-7-3-9-26-18)23(22-16)20(25)19-8-4-10-27-19/h2-11,17H,12H2,1H3,(H,21,24)/t17-/m0/s1. The molecule has 0 radical (unpaired) electrons. The number of hydrazone groups is 1. The van der Waals surface area contributed by atoms with Crippen molar-refractivity contribution in [1.82, 2.24) is 5.01 Å². The second-order valence-electron chi connectivity index (χ2n) is 6.17. The Bertz CT molecular complexity index is 993. The molecule has 6 nitrogen and oxygen atoms in total. The van der Waals surface area contributed by atoms with Gasteiger partial charge in [0, 0.05) is 19.0 Å². The molecule has 0 bridgehead atoms. The second-order valence-corrected chi connectivity index (χ2v) is 7.12. The lowest BCUT2D eigenvalue weighted by Gasteiger charge is -2.19. The minimum atomic E-state index is -0.297. The van der Waals surface area contributed by atoms with E-state index in [1.54, 1.807) is 18.4 Å². The van der Waals surface area contributed by atoms with Gasteiger partial charge in [0.1, 0.15) is 11.8 Å². The highest BCUT2D eigenvalue weighted by Crippen LogP contribution is 2.35. The van der Waals surface area contributed by atoms with Crippen LogP contribution in [0.5, 0.6) is 0 Å². The van der Waals surface area contributed by atoms with E-state index in [0.717, 1.165) is 11.3 Å². The van der Waals surface area contributed by atoms with Crippen molar-refractivity contribution < 1.29 is 14.0 Å². The van der Waals surface area contributed by atoms with Gasteiger partial charge in [-0.3, -0.25) is 9.59 Å². The highest BCUT2D eigenvalue weighted by Gasteiger charge is 2.35. The van der Waals surface area contributed by atoms with Crippen molar-refractivity contribution in [3.05, 3.63) is 76.4 Å². The third kappa shape index (κ3) is 3.54. The smallest absolute Gasteiger partial charge is 0.284 e. The van der Waals surface area contributed by atoms with Crippen LogP contribution in [0.2, 0.25) is 0 Å². The number of rotatable bonds is 4. The van der Waals surface area contributed by atoms with Crippen LogP contribution in [0.3, 0.4) is 0 Å². The fraction of sp³-hybridized carbons (Fsp3) is 0.150. The molecule has 1 aliphatic heterocycles. The molecule has 1 aliphatic rings. The topological polar surface area (TPSA) is 74.9 Å². The van der Waals surface area contributed by atoms with Crippen molar-refractivity contribution in [2.24, 2.45) is 5.10 Å². The lowest BCUT2D eigenvalue weighted by atomic mass is 10.0. The molecule has 2 amide bonds. The number of anilines is 1. The summed E-state index contributed by atoms with van der Waals surface area (Å²) in [6.07, 6.45) is 2.13. The molecule has 1 aromatic carbocycles. The molecule has 0 fully saturated rings. The van der Waals surface area contributed by atoms with E-state index in [-0.39, 0.29) is 17.9 Å². The summed E-state index contributed by atoms with van der Waals surface area (Å²) in [5.41, 5.74) is 2.33. The van der Waals surface area contributed by atoms with Gasteiger partial charge >= 0.3 is 0 Å². The zero-order chi connectivity index (χ0) is 18.8. The summed E-state index contributed by atoms with van der Waals surface area (Å²) in [6.45, 7) is 1.47. The van der Waals surface area contributed by atoms with Gasteiger partial charge in [-0.05, 0) is 41.3 Å². The van der Waals surface area contributed by atoms with Gasteiger partial charge in [-0.2, -0.15) is 5.10 Å². The van der Waals surface area contributed by atoms with Gasteiger partial charge in [0.25, 0.3) is 5.91 Å². The Morgan fingerprint density at radius 1 is 1.22 bits per heavy atom. The first-order valence-corrected chi connectivity index (χ1v) is 9.36. The molecule has 2 aromatic heterocycles. The summed E-state index contributed by atoms with van der Waals surface area (Å²) >= 11 is 1.38. The molecule has 0 spiro atoms. The second kappa shape index (κ2) is 7.20. The van der Waals surface area contributed by atoms with E-state index in [1.807, 2.05) is 41.8 Å². The summed E-state index contributed by atoms with van der Waals surface area (Å²) in [5.74, 6) is 0.402. The molecule has 1 N–H and O–H groups in total. The summed E-state index contributed by atoms with van der Waals surface area (Å²) in [7, 11) is 0. The minimum Gasteiger partial charge on any atom is -0.467 e. The molecule has 136 valence electrons. The molecule has 0 unspecified atom stereocenters. The van der Waals surface area contributed by atoms with Crippen LogP contribution in [0, 0.1) is 0 Å². The molecule has 0 aliphatic carbocycles. The van der Waals surface area contributed by atoms with Gasteiger partial charge < -0.3 is 9.73 Å². The monoisotopic (exact) mass is 379 g/mol. The van der Waals surface area contributed by atoms with Gasteiger partial charge in [0.15, 0.2) is 0 Å². The van der Waals surface area contributed by atoms with Crippen LogP contribution in [0.25, 0.3) is 0 Å². The molecule has 3 heterocycles. The van der Waals surface area contributed by atoms with E-state index in [4.69, 9.17) is 4.42 Å². The Hall–Kier alpha value is -3.19. The number of thiophene rings is 1.